The Balaban J connectivity index is 0.000000252. The van der Waals surface area contributed by atoms with E-state index >= 15 is 0 Å². The highest BCUT2D eigenvalue weighted by Gasteiger charge is 1.77. The summed E-state index contributed by atoms with van der Waals surface area (Å²) in [5, 5.41) is 3.03. The molecule has 0 bridgehead atoms. The molecule has 72 valence electrons. The van der Waals surface area contributed by atoms with Crippen molar-refractivity contribution in [1.29, 1.82) is 0 Å². The van der Waals surface area contributed by atoms with E-state index in [2.05, 4.69) is 5.32 Å². The van der Waals surface area contributed by atoms with E-state index < -0.39 is 0 Å². The van der Waals surface area contributed by atoms with Gasteiger partial charge >= 0.3 is 0 Å². The second kappa shape index (κ2) is 7.16. The Kier molecular flexibility index (Phi) is 6.32. The molecule has 1 rings (SSSR count). The van der Waals surface area contributed by atoms with E-state index in [-0.39, 0.29) is 0 Å². The van der Waals surface area contributed by atoms with Gasteiger partial charge < -0.3 is 10.2 Å². The van der Waals surface area contributed by atoms with Crippen LogP contribution in [0.1, 0.15) is 0 Å². The molecule has 0 radical (unpaired) electrons. The van der Waals surface area contributed by atoms with E-state index in [0.717, 1.165) is 12.1 Å². The topological polar surface area (TPSA) is 32.3 Å². The Morgan fingerprint density at radius 3 is 1.92 bits per heavy atom. The van der Waals surface area contributed by atoms with E-state index in [1.165, 1.54) is 4.90 Å². The van der Waals surface area contributed by atoms with Gasteiger partial charge in [0.1, 0.15) is 0 Å². The van der Waals surface area contributed by atoms with Gasteiger partial charge in [-0.3, -0.25) is 4.79 Å². The Labute approximate surface area is 79.4 Å². The number of hydrogen-bond acceptors (Lipinski definition) is 2. The minimum Gasteiger partial charge on any atom is -0.388 e. The van der Waals surface area contributed by atoms with Crippen LogP contribution in [0, 0.1) is 0 Å². The zero-order valence-electron chi connectivity index (χ0n) is 8.32. The SMILES string of the molecule is CN(C)C=O.CNc1ccccc1. The fourth-order valence-electron chi connectivity index (χ4n) is 0.605. The van der Waals surface area contributed by atoms with Crippen molar-refractivity contribution in [2.75, 3.05) is 26.5 Å². The average molecular weight is 180 g/mol. The molecule has 0 aromatic heterocycles. The lowest BCUT2D eigenvalue weighted by molar-refractivity contribution is -0.115. The summed E-state index contributed by atoms with van der Waals surface area (Å²) < 4.78 is 0. The molecule has 0 spiro atoms. The van der Waals surface area contributed by atoms with Crippen LogP contribution in [0.25, 0.3) is 0 Å². The summed E-state index contributed by atoms with van der Waals surface area (Å²) in [6.07, 6.45) is 0.750. The van der Waals surface area contributed by atoms with Crippen molar-refractivity contribution in [1.82, 2.24) is 4.90 Å². The second-order valence-corrected chi connectivity index (χ2v) is 2.69. The summed E-state index contributed by atoms with van der Waals surface area (Å²) in [5.41, 5.74) is 1.16. The predicted molar refractivity (Wildman–Crippen MR) is 55.7 cm³/mol. The molecule has 1 N–H and O–H groups in total. The fourth-order valence-corrected chi connectivity index (χ4v) is 0.605. The Hall–Kier alpha value is -1.51. The quantitative estimate of drug-likeness (QED) is 0.698. The summed E-state index contributed by atoms with van der Waals surface area (Å²) in [4.78, 5) is 10.9. The van der Waals surface area contributed by atoms with Crippen molar-refractivity contribution in [2.45, 2.75) is 0 Å². The molecule has 13 heavy (non-hydrogen) atoms. The lowest BCUT2D eigenvalue weighted by Gasteiger charge is -1.94. The van der Waals surface area contributed by atoms with E-state index in [9.17, 15) is 4.79 Å². The molecular weight excluding hydrogens is 164 g/mol. The van der Waals surface area contributed by atoms with Crippen LogP contribution >= 0.6 is 0 Å². The van der Waals surface area contributed by atoms with E-state index in [0.29, 0.717) is 0 Å². The van der Waals surface area contributed by atoms with Gasteiger partial charge in [-0.25, -0.2) is 0 Å². The van der Waals surface area contributed by atoms with Gasteiger partial charge in [0, 0.05) is 26.8 Å². The third-order valence-electron chi connectivity index (χ3n) is 1.27. The van der Waals surface area contributed by atoms with Gasteiger partial charge in [0.15, 0.2) is 0 Å². The van der Waals surface area contributed by atoms with Crippen LogP contribution in [0.3, 0.4) is 0 Å². The first-order chi connectivity index (χ1) is 6.20. The first-order valence-electron chi connectivity index (χ1n) is 4.05. The largest absolute Gasteiger partial charge is 0.388 e. The van der Waals surface area contributed by atoms with Crippen LogP contribution in [0.5, 0.6) is 0 Å². The van der Waals surface area contributed by atoms with Gasteiger partial charge in [-0.1, -0.05) is 18.2 Å². The molecule has 1 aromatic carbocycles. The van der Waals surface area contributed by atoms with Gasteiger partial charge in [-0.05, 0) is 12.1 Å². The summed E-state index contributed by atoms with van der Waals surface area (Å²) in [7, 11) is 5.29. The zero-order valence-corrected chi connectivity index (χ0v) is 8.32. The maximum Gasteiger partial charge on any atom is 0.209 e. The van der Waals surface area contributed by atoms with Crippen LogP contribution in [0.15, 0.2) is 30.3 Å². The van der Waals surface area contributed by atoms with Crippen LogP contribution in [-0.2, 0) is 4.79 Å². The maximum atomic E-state index is 9.43. The molecule has 0 fully saturated rings. The molecule has 0 atom stereocenters. The molecule has 3 heteroatoms. The van der Waals surface area contributed by atoms with E-state index in [4.69, 9.17) is 0 Å². The summed E-state index contributed by atoms with van der Waals surface area (Å²) in [6, 6.07) is 10.1. The van der Waals surface area contributed by atoms with Gasteiger partial charge in [0.2, 0.25) is 6.41 Å². The van der Waals surface area contributed by atoms with Gasteiger partial charge in [-0.15, -0.1) is 0 Å². The van der Waals surface area contributed by atoms with Crippen LogP contribution < -0.4 is 5.32 Å². The first kappa shape index (κ1) is 11.5. The summed E-state index contributed by atoms with van der Waals surface area (Å²) >= 11 is 0. The molecule has 0 unspecified atom stereocenters. The Morgan fingerprint density at radius 2 is 1.69 bits per heavy atom. The molecule has 0 saturated heterocycles. The number of benzene rings is 1. The van der Waals surface area contributed by atoms with Crippen LogP contribution in [0.4, 0.5) is 5.69 Å². The number of carbonyl (C=O) groups excluding carboxylic acids is 1. The number of nitrogens with one attached hydrogen (secondary N) is 1. The average Bonchev–Trinajstić information content (AvgIpc) is 2.20. The highest BCUT2D eigenvalue weighted by atomic mass is 16.1. The molecule has 0 heterocycles. The molecule has 3 nitrogen and oxygen atoms in total. The maximum absolute atomic E-state index is 9.43. The van der Waals surface area contributed by atoms with E-state index in [1.54, 1.807) is 14.1 Å². The van der Waals surface area contributed by atoms with Crippen LogP contribution in [-0.4, -0.2) is 32.5 Å². The second-order valence-electron chi connectivity index (χ2n) is 2.69. The van der Waals surface area contributed by atoms with Gasteiger partial charge in [0.05, 0.1) is 0 Å². The summed E-state index contributed by atoms with van der Waals surface area (Å²) in [5.74, 6) is 0. The highest BCUT2D eigenvalue weighted by molar-refractivity contribution is 5.45. The molecule has 0 aliphatic carbocycles. The van der Waals surface area contributed by atoms with Crippen LogP contribution in [0.2, 0.25) is 0 Å². The van der Waals surface area contributed by atoms with Crippen molar-refractivity contribution in [3.63, 3.8) is 0 Å². The number of anilines is 1. The van der Waals surface area contributed by atoms with Crippen molar-refractivity contribution in [3.05, 3.63) is 30.3 Å². The molecule has 1 amide bonds. The number of nitrogens with zero attached hydrogens (tertiary/aromatic N) is 1. The highest BCUT2D eigenvalue weighted by Crippen LogP contribution is 2.01. The molecule has 0 aliphatic rings. The normalized spacial score (nSPS) is 7.92. The first-order valence-corrected chi connectivity index (χ1v) is 4.05. The number of rotatable bonds is 2. The van der Waals surface area contributed by atoms with Gasteiger partial charge in [-0.2, -0.15) is 0 Å². The van der Waals surface area contributed by atoms with Crippen molar-refractivity contribution >= 4 is 12.1 Å². The number of para-hydroxylation sites is 1. The predicted octanol–water partition coefficient (Wildman–Crippen LogP) is 1.43. The molecule has 0 aliphatic heterocycles. The summed E-state index contributed by atoms with van der Waals surface area (Å²) in [6.45, 7) is 0. The lowest BCUT2D eigenvalue weighted by atomic mass is 10.3. The van der Waals surface area contributed by atoms with E-state index in [1.807, 2.05) is 37.4 Å². The third-order valence-corrected chi connectivity index (χ3v) is 1.27. The Morgan fingerprint density at radius 1 is 1.23 bits per heavy atom. The minimum atomic E-state index is 0.750. The molecule has 1 aromatic rings. The standard InChI is InChI=1S/C7H9N.C3H7NO/c1-8-7-5-3-2-4-6-7;1-4(2)3-5/h2-6,8H,1H3;3H,1-2H3. The fraction of sp³-hybridized carbons (Fsp3) is 0.300. The lowest BCUT2D eigenvalue weighted by Crippen LogP contribution is -2.06. The molecule has 0 saturated carbocycles. The van der Waals surface area contributed by atoms with Gasteiger partial charge in [0.25, 0.3) is 0 Å². The van der Waals surface area contributed by atoms with Crippen molar-refractivity contribution < 1.29 is 4.79 Å². The third kappa shape index (κ3) is 6.87. The number of carbonyl (C=O) groups is 1. The molecular formula is C10H16N2O. The minimum absolute atomic E-state index is 0.750. The van der Waals surface area contributed by atoms with Crippen molar-refractivity contribution in [2.24, 2.45) is 0 Å². The number of hydrogen-bond donors (Lipinski definition) is 1. The smallest absolute Gasteiger partial charge is 0.209 e. The monoisotopic (exact) mass is 180 g/mol. The van der Waals surface area contributed by atoms with Crippen molar-refractivity contribution in [3.8, 4) is 0 Å². The number of amides is 1. The Bertz CT molecular complexity index is 222. The zero-order chi connectivity index (χ0) is 10.1.